The Morgan fingerprint density at radius 1 is 1.48 bits per heavy atom. The van der Waals surface area contributed by atoms with Crippen LogP contribution >= 0.6 is 11.3 Å². The number of carbonyl (C=O) groups excluding carboxylic acids is 1. The third-order valence-electron chi connectivity index (χ3n) is 3.96. The average Bonchev–Trinajstić information content (AvgIpc) is 3.18. The fourth-order valence-corrected chi connectivity index (χ4v) is 3.39. The number of alkyl halides is 1. The molecular formula is C15H18FN5OS. The molecule has 0 spiro atoms. The molecule has 8 heteroatoms. The van der Waals surface area contributed by atoms with Crippen molar-refractivity contribution < 1.29 is 9.18 Å². The van der Waals surface area contributed by atoms with Gasteiger partial charge in [-0.3, -0.25) is 9.69 Å². The van der Waals surface area contributed by atoms with Crippen molar-refractivity contribution in [3.63, 3.8) is 0 Å². The first-order valence-electron chi connectivity index (χ1n) is 7.39. The fraction of sp³-hybridized carbons (Fsp3) is 0.467. The lowest BCUT2D eigenvalue weighted by molar-refractivity contribution is 0.0744. The molecule has 0 bridgehead atoms. The van der Waals surface area contributed by atoms with Gasteiger partial charge in [0.15, 0.2) is 0 Å². The molecule has 23 heavy (non-hydrogen) atoms. The van der Waals surface area contributed by atoms with E-state index >= 15 is 0 Å². The zero-order valence-corrected chi connectivity index (χ0v) is 13.6. The lowest BCUT2D eigenvalue weighted by atomic mass is 10.2. The molecule has 0 aromatic carbocycles. The molecule has 0 unspecified atom stereocenters. The van der Waals surface area contributed by atoms with Gasteiger partial charge in [-0.15, -0.1) is 11.3 Å². The first kappa shape index (κ1) is 15.9. The maximum absolute atomic E-state index is 13.9. The molecule has 2 aromatic rings. The normalized spacial score (nSPS) is 21.5. The molecule has 1 aliphatic heterocycles. The van der Waals surface area contributed by atoms with Crippen LogP contribution in [0.25, 0.3) is 0 Å². The highest BCUT2D eigenvalue weighted by atomic mass is 32.1. The van der Waals surface area contributed by atoms with Crippen molar-refractivity contribution in [2.75, 3.05) is 20.1 Å². The van der Waals surface area contributed by atoms with Crippen molar-refractivity contribution in [3.05, 3.63) is 40.9 Å². The van der Waals surface area contributed by atoms with Gasteiger partial charge in [0.2, 0.25) is 0 Å². The van der Waals surface area contributed by atoms with E-state index in [1.165, 1.54) is 17.7 Å². The summed E-state index contributed by atoms with van der Waals surface area (Å²) >= 11 is 1.39. The molecule has 0 aliphatic carbocycles. The number of likely N-dealkylation sites (tertiary alicyclic amines) is 1. The Morgan fingerprint density at radius 2 is 2.26 bits per heavy atom. The van der Waals surface area contributed by atoms with Gasteiger partial charge in [0.05, 0.1) is 5.51 Å². The summed E-state index contributed by atoms with van der Waals surface area (Å²) in [6, 6.07) is -0.0159. The highest BCUT2D eigenvalue weighted by molar-refractivity contribution is 7.07. The van der Waals surface area contributed by atoms with Gasteiger partial charge in [-0.2, -0.15) is 0 Å². The molecule has 3 heterocycles. The number of halogens is 1. The zero-order chi connectivity index (χ0) is 16.2. The highest BCUT2D eigenvalue weighted by Gasteiger charge is 2.33. The van der Waals surface area contributed by atoms with E-state index in [-0.39, 0.29) is 11.9 Å². The predicted octanol–water partition coefficient (Wildman–Crippen LogP) is 1.62. The number of nitrogens with zero attached hydrogens (tertiary/aromatic N) is 5. The molecule has 6 nitrogen and oxygen atoms in total. The summed E-state index contributed by atoms with van der Waals surface area (Å²) in [5, 5.41) is 1.73. The van der Waals surface area contributed by atoms with Crippen LogP contribution in [0.2, 0.25) is 0 Å². The van der Waals surface area contributed by atoms with Gasteiger partial charge in [0.25, 0.3) is 5.91 Å². The smallest absolute Gasteiger partial charge is 0.273 e. The number of amides is 1. The predicted molar refractivity (Wildman–Crippen MR) is 84.8 cm³/mol. The first-order valence-corrected chi connectivity index (χ1v) is 8.33. The maximum Gasteiger partial charge on any atom is 0.273 e. The minimum Gasteiger partial charge on any atom is -0.339 e. The summed E-state index contributed by atoms with van der Waals surface area (Å²) in [5.41, 5.74) is 3.02. The van der Waals surface area contributed by atoms with E-state index in [9.17, 15) is 9.18 Å². The number of likely N-dealkylation sites (N-methyl/N-ethyl adjacent to an activating group) is 1. The number of hydrogen-bond acceptors (Lipinski definition) is 6. The van der Waals surface area contributed by atoms with E-state index < -0.39 is 6.17 Å². The Kier molecular flexibility index (Phi) is 4.92. The van der Waals surface area contributed by atoms with E-state index in [0.29, 0.717) is 31.7 Å². The quantitative estimate of drug-likeness (QED) is 0.831. The van der Waals surface area contributed by atoms with Gasteiger partial charge < -0.3 is 4.90 Å². The second-order valence-corrected chi connectivity index (χ2v) is 6.44. The molecule has 1 saturated heterocycles. The zero-order valence-electron chi connectivity index (χ0n) is 12.8. The topological polar surface area (TPSA) is 62.2 Å². The Morgan fingerprint density at radius 3 is 2.96 bits per heavy atom. The first-order chi connectivity index (χ1) is 11.1. The Balaban J connectivity index is 1.64. The molecule has 0 N–H and O–H groups in total. The summed E-state index contributed by atoms with van der Waals surface area (Å²) in [6.45, 7) is 1.44. The van der Waals surface area contributed by atoms with Gasteiger partial charge in [-0.1, -0.05) is 0 Å². The number of thiazole rings is 1. The van der Waals surface area contributed by atoms with Crippen molar-refractivity contribution in [1.29, 1.82) is 0 Å². The Bertz CT molecular complexity index is 639. The van der Waals surface area contributed by atoms with E-state index in [4.69, 9.17) is 0 Å². The average molecular weight is 335 g/mol. The summed E-state index contributed by atoms with van der Waals surface area (Å²) in [7, 11) is 1.73. The van der Waals surface area contributed by atoms with Crippen LogP contribution in [0.15, 0.2) is 29.6 Å². The Labute approximate surface area is 138 Å². The summed E-state index contributed by atoms with van der Waals surface area (Å²) in [5.74, 6) is -0.128. The van der Waals surface area contributed by atoms with Crippen LogP contribution in [-0.2, 0) is 6.54 Å². The number of aromatic nitrogens is 3. The third-order valence-corrected chi connectivity index (χ3v) is 4.55. The Hall–Kier alpha value is -1.93. The molecular weight excluding hydrogens is 317 g/mol. The van der Waals surface area contributed by atoms with Gasteiger partial charge in [-0.25, -0.2) is 19.3 Å². The molecule has 0 saturated carbocycles. The van der Waals surface area contributed by atoms with Crippen molar-refractivity contribution >= 4 is 17.2 Å². The number of hydrogen-bond donors (Lipinski definition) is 0. The van der Waals surface area contributed by atoms with Gasteiger partial charge in [-0.05, 0) is 6.42 Å². The second kappa shape index (κ2) is 7.10. The maximum atomic E-state index is 13.9. The van der Waals surface area contributed by atoms with Crippen molar-refractivity contribution in [3.8, 4) is 0 Å². The lowest BCUT2D eigenvalue weighted by Crippen LogP contribution is -2.41. The SMILES string of the molecule is CN(C[C@@H]1C[C@H](F)CN1Cc1cncnc1)C(=O)c1cscn1. The summed E-state index contributed by atoms with van der Waals surface area (Å²) in [4.78, 5) is 28.0. The van der Waals surface area contributed by atoms with Crippen LogP contribution in [0.1, 0.15) is 22.5 Å². The van der Waals surface area contributed by atoms with Crippen LogP contribution in [0.5, 0.6) is 0 Å². The van der Waals surface area contributed by atoms with Gasteiger partial charge in [0, 0.05) is 56.1 Å². The molecule has 3 rings (SSSR count). The van der Waals surface area contributed by atoms with E-state index in [0.717, 1.165) is 5.56 Å². The highest BCUT2D eigenvalue weighted by Crippen LogP contribution is 2.23. The van der Waals surface area contributed by atoms with Gasteiger partial charge in [0.1, 0.15) is 18.2 Å². The molecule has 1 fully saturated rings. The van der Waals surface area contributed by atoms with Crippen molar-refractivity contribution in [2.45, 2.75) is 25.2 Å². The van der Waals surface area contributed by atoms with Crippen molar-refractivity contribution in [1.82, 2.24) is 24.8 Å². The van der Waals surface area contributed by atoms with Crippen LogP contribution < -0.4 is 0 Å². The molecule has 0 radical (unpaired) electrons. The van der Waals surface area contributed by atoms with E-state index in [1.807, 2.05) is 4.90 Å². The van der Waals surface area contributed by atoms with Crippen LogP contribution in [0.4, 0.5) is 4.39 Å². The molecule has 1 amide bonds. The number of rotatable bonds is 5. The largest absolute Gasteiger partial charge is 0.339 e. The monoisotopic (exact) mass is 335 g/mol. The molecule has 2 aromatic heterocycles. The van der Waals surface area contributed by atoms with E-state index in [1.54, 1.807) is 35.2 Å². The number of carbonyl (C=O) groups is 1. The summed E-state index contributed by atoms with van der Waals surface area (Å²) in [6.07, 6.45) is 4.51. The minimum atomic E-state index is -0.868. The fourth-order valence-electron chi connectivity index (χ4n) is 2.86. The van der Waals surface area contributed by atoms with Crippen LogP contribution in [0, 0.1) is 0 Å². The van der Waals surface area contributed by atoms with E-state index in [2.05, 4.69) is 15.0 Å². The van der Waals surface area contributed by atoms with Crippen LogP contribution in [-0.4, -0.2) is 63.0 Å². The molecule has 2 atom stereocenters. The molecule has 1 aliphatic rings. The summed E-state index contributed by atoms with van der Waals surface area (Å²) < 4.78 is 13.9. The third kappa shape index (κ3) is 3.89. The minimum absolute atomic E-state index is 0.0159. The second-order valence-electron chi connectivity index (χ2n) is 5.72. The standard InChI is InChI=1S/C15H18FN5OS/c1-20(15(22)14-8-23-10-19-14)7-13-2-12(16)6-21(13)5-11-3-17-9-18-4-11/h3-4,8-10,12-13H,2,5-7H2,1H3/t12-,13-/m0/s1. The van der Waals surface area contributed by atoms with Gasteiger partial charge >= 0.3 is 0 Å². The lowest BCUT2D eigenvalue weighted by Gasteiger charge is -2.28. The van der Waals surface area contributed by atoms with Crippen LogP contribution in [0.3, 0.4) is 0 Å². The molecule has 122 valence electrons. The van der Waals surface area contributed by atoms with Crippen molar-refractivity contribution in [2.24, 2.45) is 0 Å².